The topological polar surface area (TPSA) is 84.5 Å². The molecule has 2 N–H and O–H groups in total. The molecule has 4 rings (SSSR count). The van der Waals surface area contributed by atoms with Crippen molar-refractivity contribution in [2.75, 3.05) is 19.6 Å². The molecule has 0 aromatic carbocycles. The Morgan fingerprint density at radius 3 is 2.52 bits per heavy atom. The fourth-order valence-corrected chi connectivity index (χ4v) is 4.84. The standard InChI is InChI=1S/C20H31N5O2/c1-2-9-25-18(14-5-6-14)16(13-22-25)20(27)23-11-7-15(8-12-23)24-10-3-4-17(24)19(21)26/h13-15,17H,2-12H2,1H3,(H2,21,26). The third-order valence-electron chi connectivity index (χ3n) is 6.35. The predicted molar refractivity (Wildman–Crippen MR) is 102 cm³/mol. The molecule has 1 aliphatic carbocycles. The Hall–Kier alpha value is -1.89. The first-order chi connectivity index (χ1) is 13.1. The highest BCUT2D eigenvalue weighted by Gasteiger charge is 2.38. The lowest BCUT2D eigenvalue weighted by Crippen LogP contribution is -2.51. The SMILES string of the molecule is CCCn1ncc(C(=O)N2CCC(N3CCCC3C(N)=O)CC2)c1C1CC1. The van der Waals surface area contributed by atoms with Gasteiger partial charge in [-0.3, -0.25) is 19.2 Å². The molecule has 1 aromatic heterocycles. The van der Waals surface area contributed by atoms with Crippen LogP contribution in [0.4, 0.5) is 0 Å². The molecule has 1 saturated carbocycles. The van der Waals surface area contributed by atoms with Crippen molar-refractivity contribution in [2.24, 2.45) is 5.73 Å². The first-order valence-corrected chi connectivity index (χ1v) is 10.5. The third kappa shape index (κ3) is 3.61. The van der Waals surface area contributed by atoms with E-state index in [1.54, 1.807) is 6.20 Å². The van der Waals surface area contributed by atoms with Gasteiger partial charge in [0, 0.05) is 31.6 Å². The van der Waals surface area contributed by atoms with Crippen molar-refractivity contribution in [3.05, 3.63) is 17.5 Å². The number of nitrogens with zero attached hydrogens (tertiary/aromatic N) is 4. The van der Waals surface area contributed by atoms with Crippen LogP contribution < -0.4 is 5.73 Å². The Bertz CT molecular complexity index is 703. The van der Waals surface area contributed by atoms with Crippen LogP contribution in [-0.2, 0) is 11.3 Å². The Morgan fingerprint density at radius 1 is 1.15 bits per heavy atom. The van der Waals surface area contributed by atoms with E-state index in [-0.39, 0.29) is 17.9 Å². The van der Waals surface area contributed by atoms with E-state index in [0.717, 1.165) is 69.5 Å². The van der Waals surface area contributed by atoms with E-state index >= 15 is 0 Å². The molecule has 7 heteroatoms. The molecule has 148 valence electrons. The van der Waals surface area contributed by atoms with E-state index in [1.165, 1.54) is 12.8 Å². The average Bonchev–Trinajstić information content (AvgIpc) is 3.22. The van der Waals surface area contributed by atoms with Gasteiger partial charge in [-0.15, -0.1) is 0 Å². The molecule has 2 aliphatic heterocycles. The van der Waals surface area contributed by atoms with E-state index in [0.29, 0.717) is 12.0 Å². The summed E-state index contributed by atoms with van der Waals surface area (Å²) in [5, 5.41) is 4.50. The Morgan fingerprint density at radius 2 is 1.89 bits per heavy atom. The van der Waals surface area contributed by atoms with Gasteiger partial charge in [0.1, 0.15) is 0 Å². The van der Waals surface area contributed by atoms with Crippen LogP contribution in [0.25, 0.3) is 0 Å². The van der Waals surface area contributed by atoms with Gasteiger partial charge >= 0.3 is 0 Å². The zero-order valence-corrected chi connectivity index (χ0v) is 16.3. The van der Waals surface area contributed by atoms with Crippen LogP contribution in [0.5, 0.6) is 0 Å². The minimum Gasteiger partial charge on any atom is -0.368 e. The Balaban J connectivity index is 1.41. The summed E-state index contributed by atoms with van der Waals surface area (Å²) in [6, 6.07) is 0.241. The molecular formula is C20H31N5O2. The fraction of sp³-hybridized carbons (Fsp3) is 0.750. The molecule has 0 spiro atoms. The maximum atomic E-state index is 13.2. The lowest BCUT2D eigenvalue weighted by Gasteiger charge is -2.38. The normalized spacial score (nSPS) is 24.5. The van der Waals surface area contributed by atoms with Crippen LogP contribution in [0, 0.1) is 0 Å². The number of aromatic nitrogens is 2. The van der Waals surface area contributed by atoms with Crippen molar-refractivity contribution in [3.8, 4) is 0 Å². The summed E-state index contributed by atoms with van der Waals surface area (Å²) in [6.45, 7) is 5.46. The molecule has 27 heavy (non-hydrogen) atoms. The van der Waals surface area contributed by atoms with E-state index in [1.807, 2.05) is 9.58 Å². The second-order valence-corrected chi connectivity index (χ2v) is 8.26. The number of piperidine rings is 1. The maximum Gasteiger partial charge on any atom is 0.257 e. The average molecular weight is 374 g/mol. The second kappa shape index (κ2) is 7.62. The van der Waals surface area contributed by atoms with Crippen LogP contribution in [0.1, 0.15) is 73.8 Å². The first kappa shape index (κ1) is 18.5. The van der Waals surface area contributed by atoms with Crippen LogP contribution in [-0.4, -0.2) is 63.1 Å². The number of amides is 2. The van der Waals surface area contributed by atoms with Gasteiger partial charge < -0.3 is 10.6 Å². The number of carbonyl (C=O) groups is 2. The maximum absolute atomic E-state index is 13.2. The van der Waals surface area contributed by atoms with E-state index < -0.39 is 0 Å². The minimum absolute atomic E-state index is 0.119. The lowest BCUT2D eigenvalue weighted by molar-refractivity contribution is -0.123. The summed E-state index contributed by atoms with van der Waals surface area (Å²) in [5.74, 6) is 0.436. The number of likely N-dealkylation sites (tertiary alicyclic amines) is 2. The molecule has 1 atom stereocenters. The predicted octanol–water partition coefficient (Wildman–Crippen LogP) is 1.72. The van der Waals surface area contributed by atoms with Crippen LogP contribution in [0.2, 0.25) is 0 Å². The molecule has 1 aromatic rings. The summed E-state index contributed by atoms with van der Waals surface area (Å²) < 4.78 is 2.04. The van der Waals surface area contributed by atoms with Gasteiger partial charge in [-0.2, -0.15) is 5.10 Å². The first-order valence-electron chi connectivity index (χ1n) is 10.5. The number of carbonyl (C=O) groups excluding carboxylic acids is 2. The number of primary amides is 1. The molecular weight excluding hydrogens is 342 g/mol. The number of nitrogens with two attached hydrogens (primary N) is 1. The van der Waals surface area contributed by atoms with Gasteiger partial charge in [0.15, 0.2) is 0 Å². The molecule has 0 bridgehead atoms. The van der Waals surface area contributed by atoms with Crippen molar-refractivity contribution >= 4 is 11.8 Å². The van der Waals surface area contributed by atoms with Gasteiger partial charge in [-0.25, -0.2) is 0 Å². The summed E-state index contributed by atoms with van der Waals surface area (Å²) in [7, 11) is 0. The largest absolute Gasteiger partial charge is 0.368 e. The van der Waals surface area contributed by atoms with Crippen molar-refractivity contribution in [1.29, 1.82) is 0 Å². The molecule has 2 saturated heterocycles. The zero-order valence-electron chi connectivity index (χ0n) is 16.3. The molecule has 2 amide bonds. The smallest absolute Gasteiger partial charge is 0.257 e. The Labute approximate surface area is 160 Å². The number of aryl methyl sites for hydroxylation is 1. The van der Waals surface area contributed by atoms with Crippen LogP contribution in [0.15, 0.2) is 6.20 Å². The third-order valence-corrected chi connectivity index (χ3v) is 6.35. The molecule has 3 fully saturated rings. The van der Waals surface area contributed by atoms with E-state index in [4.69, 9.17) is 5.73 Å². The van der Waals surface area contributed by atoms with Crippen molar-refractivity contribution in [3.63, 3.8) is 0 Å². The lowest BCUT2D eigenvalue weighted by atomic mass is 10.0. The minimum atomic E-state index is -0.205. The van der Waals surface area contributed by atoms with Gasteiger partial charge in [0.25, 0.3) is 5.91 Å². The summed E-state index contributed by atoms with van der Waals surface area (Å²) >= 11 is 0. The van der Waals surface area contributed by atoms with Gasteiger partial charge in [-0.05, 0) is 51.5 Å². The van der Waals surface area contributed by atoms with E-state index in [9.17, 15) is 9.59 Å². The molecule has 3 aliphatic rings. The quantitative estimate of drug-likeness (QED) is 0.823. The highest BCUT2D eigenvalue weighted by Crippen LogP contribution is 2.42. The summed E-state index contributed by atoms with van der Waals surface area (Å²) in [6.07, 6.45) is 8.87. The highest BCUT2D eigenvalue weighted by atomic mass is 16.2. The van der Waals surface area contributed by atoms with Gasteiger partial charge in [0.05, 0.1) is 23.5 Å². The molecule has 3 heterocycles. The second-order valence-electron chi connectivity index (χ2n) is 8.26. The number of rotatable bonds is 6. The van der Waals surface area contributed by atoms with E-state index in [2.05, 4.69) is 16.9 Å². The summed E-state index contributed by atoms with van der Waals surface area (Å²) in [4.78, 5) is 29.1. The van der Waals surface area contributed by atoms with Crippen molar-refractivity contribution < 1.29 is 9.59 Å². The molecule has 0 radical (unpaired) electrons. The van der Waals surface area contributed by atoms with Crippen LogP contribution in [0.3, 0.4) is 0 Å². The van der Waals surface area contributed by atoms with Crippen molar-refractivity contribution in [1.82, 2.24) is 19.6 Å². The highest BCUT2D eigenvalue weighted by molar-refractivity contribution is 5.95. The number of hydrogen-bond acceptors (Lipinski definition) is 4. The van der Waals surface area contributed by atoms with Gasteiger partial charge in [-0.1, -0.05) is 6.92 Å². The fourth-order valence-electron chi connectivity index (χ4n) is 4.84. The van der Waals surface area contributed by atoms with Gasteiger partial charge in [0.2, 0.25) is 5.91 Å². The number of hydrogen-bond donors (Lipinski definition) is 1. The zero-order chi connectivity index (χ0) is 19.0. The summed E-state index contributed by atoms with van der Waals surface area (Å²) in [5.41, 5.74) is 7.53. The molecule has 7 nitrogen and oxygen atoms in total. The van der Waals surface area contributed by atoms with Crippen LogP contribution >= 0.6 is 0 Å². The Kier molecular flexibility index (Phi) is 5.21. The molecule has 1 unspecified atom stereocenters. The monoisotopic (exact) mass is 373 g/mol. The van der Waals surface area contributed by atoms with Crippen molar-refractivity contribution in [2.45, 2.75) is 76.4 Å².